The summed E-state index contributed by atoms with van der Waals surface area (Å²) in [5.41, 5.74) is 2.01. The SMILES string of the molecule is CC(C)c1cc(C(C)(C)C)cc(C(C)(C)F)c1. The van der Waals surface area contributed by atoms with Gasteiger partial charge >= 0.3 is 0 Å². The van der Waals surface area contributed by atoms with Gasteiger partial charge in [0.1, 0.15) is 5.67 Å². The molecule has 96 valence electrons. The molecule has 0 spiro atoms. The van der Waals surface area contributed by atoms with Gasteiger partial charge in [-0.25, -0.2) is 4.39 Å². The van der Waals surface area contributed by atoms with Gasteiger partial charge < -0.3 is 0 Å². The van der Waals surface area contributed by atoms with Gasteiger partial charge in [0.25, 0.3) is 0 Å². The molecule has 0 saturated heterocycles. The normalized spacial score (nSPS) is 13.2. The molecule has 0 radical (unpaired) electrons. The fraction of sp³-hybridized carbons (Fsp3) is 0.625. The van der Waals surface area contributed by atoms with Crippen LogP contribution in [0.1, 0.15) is 71.1 Å². The highest BCUT2D eigenvalue weighted by Gasteiger charge is 2.23. The van der Waals surface area contributed by atoms with Crippen molar-refractivity contribution in [1.29, 1.82) is 0 Å². The first-order chi connectivity index (χ1) is 7.51. The standard InChI is InChI=1S/C16H25F/c1-11(2)12-8-13(15(3,4)5)10-14(9-12)16(6,7)17/h8-11H,1-7H3. The van der Waals surface area contributed by atoms with E-state index in [0.717, 1.165) is 5.56 Å². The molecule has 1 heteroatoms. The number of benzene rings is 1. The van der Waals surface area contributed by atoms with Crippen molar-refractivity contribution in [2.24, 2.45) is 0 Å². The van der Waals surface area contributed by atoms with Crippen LogP contribution in [-0.2, 0) is 11.1 Å². The fourth-order valence-corrected chi connectivity index (χ4v) is 1.76. The van der Waals surface area contributed by atoms with Gasteiger partial charge in [0.2, 0.25) is 0 Å². The lowest BCUT2D eigenvalue weighted by atomic mass is 9.82. The summed E-state index contributed by atoms with van der Waals surface area (Å²) in [6.07, 6.45) is 0. The highest BCUT2D eigenvalue weighted by atomic mass is 19.1. The molecule has 0 saturated carbocycles. The lowest BCUT2D eigenvalue weighted by molar-refractivity contribution is 0.221. The van der Waals surface area contributed by atoms with Gasteiger partial charge in [0, 0.05) is 0 Å². The molecule has 0 amide bonds. The summed E-state index contributed by atoms with van der Waals surface area (Å²) in [6.45, 7) is 14.1. The van der Waals surface area contributed by atoms with Gasteiger partial charge in [0.05, 0.1) is 0 Å². The average molecular weight is 236 g/mol. The zero-order valence-corrected chi connectivity index (χ0v) is 12.2. The molecular formula is C16H25F. The van der Waals surface area contributed by atoms with E-state index in [1.165, 1.54) is 11.1 Å². The summed E-state index contributed by atoms with van der Waals surface area (Å²) in [4.78, 5) is 0. The summed E-state index contributed by atoms with van der Waals surface area (Å²) in [7, 11) is 0. The Morgan fingerprint density at radius 2 is 1.35 bits per heavy atom. The predicted octanol–water partition coefficient (Wildman–Crippen LogP) is 5.31. The summed E-state index contributed by atoms with van der Waals surface area (Å²) in [5, 5.41) is 0. The second-order valence-electron chi connectivity index (χ2n) is 6.72. The van der Waals surface area contributed by atoms with Crippen LogP contribution in [0.4, 0.5) is 4.39 Å². The van der Waals surface area contributed by atoms with E-state index in [1.54, 1.807) is 13.8 Å². The van der Waals surface area contributed by atoms with Crippen LogP contribution in [0.2, 0.25) is 0 Å². The third kappa shape index (κ3) is 3.55. The van der Waals surface area contributed by atoms with Gasteiger partial charge in [-0.2, -0.15) is 0 Å². The van der Waals surface area contributed by atoms with E-state index in [-0.39, 0.29) is 5.41 Å². The van der Waals surface area contributed by atoms with Gasteiger partial charge in [0.15, 0.2) is 0 Å². The monoisotopic (exact) mass is 236 g/mol. The van der Waals surface area contributed by atoms with Crippen LogP contribution in [0.3, 0.4) is 0 Å². The van der Waals surface area contributed by atoms with E-state index in [4.69, 9.17) is 0 Å². The predicted molar refractivity (Wildman–Crippen MR) is 73.4 cm³/mol. The number of rotatable bonds is 2. The number of hydrogen-bond donors (Lipinski definition) is 0. The van der Waals surface area contributed by atoms with Crippen molar-refractivity contribution in [3.05, 3.63) is 34.9 Å². The molecule has 0 fully saturated rings. The first-order valence-electron chi connectivity index (χ1n) is 6.36. The molecule has 0 aliphatic heterocycles. The Hall–Kier alpha value is -0.850. The van der Waals surface area contributed by atoms with Gasteiger partial charge in [-0.15, -0.1) is 0 Å². The van der Waals surface area contributed by atoms with Crippen molar-refractivity contribution in [3.63, 3.8) is 0 Å². The quantitative estimate of drug-likeness (QED) is 0.652. The van der Waals surface area contributed by atoms with Gasteiger partial charge in [-0.1, -0.05) is 52.8 Å². The van der Waals surface area contributed by atoms with Crippen LogP contribution in [-0.4, -0.2) is 0 Å². The minimum absolute atomic E-state index is 0.0604. The smallest absolute Gasteiger partial charge is 0.130 e. The Morgan fingerprint density at radius 3 is 1.71 bits per heavy atom. The Kier molecular flexibility index (Phi) is 3.71. The van der Waals surface area contributed by atoms with Crippen molar-refractivity contribution < 1.29 is 4.39 Å². The van der Waals surface area contributed by atoms with E-state index in [1.807, 2.05) is 12.1 Å². The number of hydrogen-bond acceptors (Lipinski definition) is 0. The van der Waals surface area contributed by atoms with E-state index < -0.39 is 5.67 Å². The maximum Gasteiger partial charge on any atom is 0.130 e. The van der Waals surface area contributed by atoms with E-state index in [9.17, 15) is 4.39 Å². The first-order valence-corrected chi connectivity index (χ1v) is 6.36. The number of alkyl halides is 1. The Labute approximate surface area is 105 Å². The molecule has 1 aromatic rings. The largest absolute Gasteiger partial charge is 0.239 e. The van der Waals surface area contributed by atoms with Gasteiger partial charge in [-0.3, -0.25) is 0 Å². The molecule has 0 heterocycles. The molecule has 0 aliphatic carbocycles. The molecule has 17 heavy (non-hydrogen) atoms. The van der Waals surface area contributed by atoms with Crippen molar-refractivity contribution in [2.45, 2.75) is 65.5 Å². The summed E-state index contributed by atoms with van der Waals surface area (Å²) >= 11 is 0. The van der Waals surface area contributed by atoms with Crippen LogP contribution < -0.4 is 0 Å². The fourth-order valence-electron chi connectivity index (χ4n) is 1.76. The summed E-state index contributed by atoms with van der Waals surface area (Å²) in [5.74, 6) is 0.429. The maximum absolute atomic E-state index is 14.1. The molecule has 0 aromatic heterocycles. The zero-order valence-electron chi connectivity index (χ0n) is 12.2. The molecule has 0 nitrogen and oxygen atoms in total. The molecule has 0 N–H and O–H groups in total. The van der Waals surface area contributed by atoms with Crippen LogP contribution >= 0.6 is 0 Å². The van der Waals surface area contributed by atoms with Crippen LogP contribution in [0.25, 0.3) is 0 Å². The Morgan fingerprint density at radius 1 is 0.882 bits per heavy atom. The third-order valence-corrected chi connectivity index (χ3v) is 3.17. The Balaban J connectivity index is 3.40. The van der Waals surface area contributed by atoms with Crippen LogP contribution in [0, 0.1) is 0 Å². The van der Waals surface area contributed by atoms with E-state index in [2.05, 4.69) is 40.7 Å². The van der Waals surface area contributed by atoms with Crippen LogP contribution in [0.5, 0.6) is 0 Å². The minimum atomic E-state index is -1.27. The molecular weight excluding hydrogens is 211 g/mol. The van der Waals surface area contributed by atoms with Gasteiger partial charge in [-0.05, 0) is 41.9 Å². The zero-order chi connectivity index (χ0) is 13.4. The topological polar surface area (TPSA) is 0 Å². The van der Waals surface area contributed by atoms with Crippen molar-refractivity contribution in [1.82, 2.24) is 0 Å². The van der Waals surface area contributed by atoms with E-state index in [0.29, 0.717) is 5.92 Å². The van der Waals surface area contributed by atoms with Crippen LogP contribution in [0.15, 0.2) is 18.2 Å². The average Bonchev–Trinajstić information content (AvgIpc) is 2.14. The lowest BCUT2D eigenvalue weighted by Crippen LogP contribution is -2.16. The second kappa shape index (κ2) is 4.44. The molecule has 0 bridgehead atoms. The summed E-state index contributed by atoms with van der Waals surface area (Å²) in [6, 6.07) is 6.21. The lowest BCUT2D eigenvalue weighted by Gasteiger charge is -2.25. The second-order valence-corrected chi connectivity index (χ2v) is 6.72. The highest BCUT2D eigenvalue weighted by molar-refractivity contribution is 5.37. The third-order valence-electron chi connectivity index (χ3n) is 3.17. The van der Waals surface area contributed by atoms with Crippen molar-refractivity contribution >= 4 is 0 Å². The molecule has 1 aromatic carbocycles. The van der Waals surface area contributed by atoms with E-state index >= 15 is 0 Å². The highest BCUT2D eigenvalue weighted by Crippen LogP contribution is 2.33. The molecule has 0 unspecified atom stereocenters. The van der Waals surface area contributed by atoms with Crippen molar-refractivity contribution in [3.8, 4) is 0 Å². The molecule has 1 rings (SSSR count). The Bertz CT molecular complexity index is 357. The molecule has 0 aliphatic rings. The first kappa shape index (κ1) is 14.2. The maximum atomic E-state index is 14.1. The minimum Gasteiger partial charge on any atom is -0.239 e. The number of halogens is 1. The molecule has 0 atom stereocenters. The summed E-state index contributed by atoms with van der Waals surface area (Å²) < 4.78 is 14.1. The van der Waals surface area contributed by atoms with Crippen molar-refractivity contribution in [2.75, 3.05) is 0 Å².